The molecule has 3 aromatic rings. The van der Waals surface area contributed by atoms with E-state index in [1.165, 1.54) is 0 Å². The van der Waals surface area contributed by atoms with Gasteiger partial charge in [0.05, 0.1) is 5.69 Å². The predicted molar refractivity (Wildman–Crippen MR) is 76.8 cm³/mol. The van der Waals surface area contributed by atoms with Gasteiger partial charge in [0, 0.05) is 17.3 Å². The summed E-state index contributed by atoms with van der Waals surface area (Å²) in [5.41, 5.74) is 3.66. The van der Waals surface area contributed by atoms with Crippen molar-refractivity contribution >= 4 is 16.6 Å². The minimum absolute atomic E-state index is 0.601. The van der Waals surface area contributed by atoms with Crippen molar-refractivity contribution in [1.29, 1.82) is 0 Å². The van der Waals surface area contributed by atoms with Gasteiger partial charge in [-0.2, -0.15) is 0 Å². The van der Waals surface area contributed by atoms with Crippen LogP contribution in [0.3, 0.4) is 0 Å². The molecular weight excluding hydrogens is 236 g/mol. The first-order valence-corrected chi connectivity index (χ1v) is 6.20. The number of aromatic nitrogens is 1. The van der Waals surface area contributed by atoms with Crippen LogP contribution in [0, 0.1) is 0 Å². The summed E-state index contributed by atoms with van der Waals surface area (Å²) in [7, 11) is 0. The van der Waals surface area contributed by atoms with E-state index in [1.54, 1.807) is 0 Å². The average molecular weight is 250 g/mol. The maximum atomic E-state index is 9.23. The molecule has 0 saturated carbocycles. The molecule has 0 saturated heterocycles. The van der Waals surface area contributed by atoms with Crippen LogP contribution in [0.4, 0.5) is 0 Å². The molecule has 0 aliphatic carbocycles. The molecular formula is C16H14N2O. The Morgan fingerprint density at radius 2 is 1.74 bits per heavy atom. The van der Waals surface area contributed by atoms with Crippen LogP contribution in [0.2, 0.25) is 0 Å². The molecule has 0 aliphatic rings. The summed E-state index contributed by atoms with van der Waals surface area (Å²) in [6.45, 7) is 0. The topological polar surface area (TPSA) is 48.4 Å². The Bertz CT molecular complexity index is 681. The Hall–Kier alpha value is -2.55. The molecule has 1 aromatic heterocycles. The Kier molecular flexibility index (Phi) is 3.02. The molecule has 3 rings (SSSR count). The number of rotatable bonds is 3. The van der Waals surface area contributed by atoms with E-state index in [2.05, 4.69) is 10.1 Å². The van der Waals surface area contributed by atoms with Crippen LogP contribution in [-0.2, 0) is 6.42 Å². The zero-order chi connectivity index (χ0) is 13.1. The summed E-state index contributed by atoms with van der Waals surface area (Å²) in [6.07, 6.45) is 0.601. The molecule has 94 valence electrons. The minimum atomic E-state index is 0.601. The molecule has 0 fully saturated rings. The van der Waals surface area contributed by atoms with E-state index in [1.807, 2.05) is 60.7 Å². The lowest BCUT2D eigenvalue weighted by Gasteiger charge is -2.02. The molecule has 2 N–H and O–H groups in total. The number of H-pyrrole nitrogens is 1. The second kappa shape index (κ2) is 4.98. The van der Waals surface area contributed by atoms with Crippen LogP contribution < -0.4 is 0 Å². The van der Waals surface area contributed by atoms with Crippen molar-refractivity contribution < 1.29 is 5.21 Å². The first-order valence-electron chi connectivity index (χ1n) is 6.20. The van der Waals surface area contributed by atoms with Gasteiger partial charge in [0.1, 0.15) is 5.71 Å². The van der Waals surface area contributed by atoms with E-state index in [9.17, 15) is 5.21 Å². The van der Waals surface area contributed by atoms with E-state index >= 15 is 0 Å². The number of aromatic amines is 1. The highest BCUT2D eigenvalue weighted by Gasteiger charge is 2.09. The van der Waals surface area contributed by atoms with Crippen molar-refractivity contribution in [2.24, 2.45) is 5.16 Å². The fourth-order valence-corrected chi connectivity index (χ4v) is 2.20. The van der Waals surface area contributed by atoms with Gasteiger partial charge >= 0.3 is 0 Å². The van der Waals surface area contributed by atoms with Crippen molar-refractivity contribution in [3.63, 3.8) is 0 Å². The van der Waals surface area contributed by atoms with Gasteiger partial charge in [-0.1, -0.05) is 53.7 Å². The van der Waals surface area contributed by atoms with Crippen LogP contribution in [0.25, 0.3) is 10.9 Å². The first kappa shape index (κ1) is 11.5. The van der Waals surface area contributed by atoms with Crippen molar-refractivity contribution in [3.05, 3.63) is 71.9 Å². The Balaban J connectivity index is 1.94. The lowest BCUT2D eigenvalue weighted by Crippen LogP contribution is -2.05. The summed E-state index contributed by atoms with van der Waals surface area (Å²) in [5.74, 6) is 0. The van der Waals surface area contributed by atoms with Gasteiger partial charge in [-0.15, -0.1) is 0 Å². The summed E-state index contributed by atoms with van der Waals surface area (Å²) >= 11 is 0. The summed E-state index contributed by atoms with van der Waals surface area (Å²) in [6, 6.07) is 20.0. The summed E-state index contributed by atoms with van der Waals surface area (Å²) < 4.78 is 0. The fraction of sp³-hybridized carbons (Fsp3) is 0.0625. The Labute approximate surface area is 111 Å². The first-order chi connectivity index (χ1) is 9.36. The second-order valence-electron chi connectivity index (χ2n) is 4.48. The van der Waals surface area contributed by atoms with Gasteiger partial charge < -0.3 is 10.2 Å². The van der Waals surface area contributed by atoms with Gasteiger partial charge in [0.2, 0.25) is 0 Å². The molecule has 0 spiro atoms. The van der Waals surface area contributed by atoms with Crippen LogP contribution in [0.5, 0.6) is 0 Å². The van der Waals surface area contributed by atoms with Gasteiger partial charge in [0.25, 0.3) is 0 Å². The van der Waals surface area contributed by atoms with Gasteiger partial charge in [-0.25, -0.2) is 0 Å². The number of nitrogens with zero attached hydrogens (tertiary/aromatic N) is 1. The van der Waals surface area contributed by atoms with Crippen LogP contribution >= 0.6 is 0 Å². The molecule has 2 aromatic carbocycles. The van der Waals surface area contributed by atoms with Gasteiger partial charge in [-0.05, 0) is 17.7 Å². The maximum absolute atomic E-state index is 9.23. The summed E-state index contributed by atoms with van der Waals surface area (Å²) in [5, 5.41) is 13.8. The molecule has 0 unspecified atom stereocenters. The number of para-hydroxylation sites is 1. The molecule has 0 bridgehead atoms. The second-order valence-corrected chi connectivity index (χ2v) is 4.48. The van der Waals surface area contributed by atoms with Crippen LogP contribution in [0.15, 0.2) is 65.8 Å². The fourth-order valence-electron chi connectivity index (χ4n) is 2.20. The highest BCUT2D eigenvalue weighted by Crippen LogP contribution is 2.16. The predicted octanol–water partition coefficient (Wildman–Crippen LogP) is 3.59. The molecule has 3 heteroatoms. The van der Waals surface area contributed by atoms with Gasteiger partial charge in [0.15, 0.2) is 0 Å². The molecule has 0 radical (unpaired) electrons. The van der Waals surface area contributed by atoms with Crippen molar-refractivity contribution in [3.8, 4) is 0 Å². The third-order valence-corrected chi connectivity index (χ3v) is 3.18. The van der Waals surface area contributed by atoms with E-state index in [0.29, 0.717) is 12.1 Å². The molecule has 0 aliphatic heterocycles. The number of nitrogens with one attached hydrogen (secondary N) is 1. The van der Waals surface area contributed by atoms with E-state index < -0.39 is 0 Å². The minimum Gasteiger partial charge on any atom is -0.411 e. The molecule has 3 nitrogen and oxygen atoms in total. The van der Waals surface area contributed by atoms with E-state index in [-0.39, 0.29) is 0 Å². The number of fused-ring (bicyclic) bond motifs is 1. The number of hydrogen-bond acceptors (Lipinski definition) is 2. The van der Waals surface area contributed by atoms with Crippen molar-refractivity contribution in [2.75, 3.05) is 0 Å². The number of oxime groups is 1. The van der Waals surface area contributed by atoms with Crippen LogP contribution in [-0.4, -0.2) is 15.9 Å². The maximum Gasteiger partial charge on any atom is 0.107 e. The standard InChI is InChI=1S/C16H14N2O/c19-18-16(10-12-6-2-1-3-7-12)15-11-13-8-4-5-9-14(13)17-15/h1-9,11,17,19H,10H2/b18-16+. The third kappa shape index (κ3) is 2.36. The van der Waals surface area contributed by atoms with Crippen LogP contribution in [0.1, 0.15) is 11.3 Å². The zero-order valence-corrected chi connectivity index (χ0v) is 10.4. The Morgan fingerprint density at radius 3 is 2.47 bits per heavy atom. The lowest BCUT2D eigenvalue weighted by atomic mass is 10.1. The zero-order valence-electron chi connectivity index (χ0n) is 10.4. The normalized spacial score (nSPS) is 11.9. The molecule has 0 atom stereocenters. The van der Waals surface area contributed by atoms with E-state index in [0.717, 1.165) is 22.2 Å². The number of benzene rings is 2. The largest absolute Gasteiger partial charge is 0.411 e. The molecule has 19 heavy (non-hydrogen) atoms. The smallest absolute Gasteiger partial charge is 0.107 e. The molecule has 0 amide bonds. The highest BCUT2D eigenvalue weighted by atomic mass is 16.4. The van der Waals surface area contributed by atoms with Gasteiger partial charge in [-0.3, -0.25) is 0 Å². The SMILES string of the molecule is O/N=C(\Cc1ccccc1)c1cc2ccccc2[nH]1. The highest BCUT2D eigenvalue weighted by molar-refractivity contribution is 6.03. The monoisotopic (exact) mass is 250 g/mol. The van der Waals surface area contributed by atoms with E-state index in [4.69, 9.17) is 0 Å². The van der Waals surface area contributed by atoms with Crippen molar-refractivity contribution in [1.82, 2.24) is 4.98 Å². The number of hydrogen-bond donors (Lipinski definition) is 2. The third-order valence-electron chi connectivity index (χ3n) is 3.18. The van der Waals surface area contributed by atoms with Crippen molar-refractivity contribution in [2.45, 2.75) is 6.42 Å². The Morgan fingerprint density at radius 1 is 1.00 bits per heavy atom. The lowest BCUT2D eigenvalue weighted by molar-refractivity contribution is 0.318. The molecule has 1 heterocycles. The average Bonchev–Trinajstić information content (AvgIpc) is 2.89. The quantitative estimate of drug-likeness (QED) is 0.416. The summed E-state index contributed by atoms with van der Waals surface area (Å²) in [4.78, 5) is 3.28.